The predicted octanol–water partition coefficient (Wildman–Crippen LogP) is 9.51. The Morgan fingerprint density at radius 1 is 0.594 bits per heavy atom. The molecular formula is C72H87Cl2N11O9S2. The van der Waals surface area contributed by atoms with Crippen molar-refractivity contribution in [3.05, 3.63) is 164 Å². The number of hydrogen-bond acceptors (Lipinski definition) is 14. The second-order valence-electron chi connectivity index (χ2n) is 25.9. The molecule has 4 aliphatic rings. The Bertz CT molecular complexity index is 3840. The Hall–Kier alpha value is -8.06. The predicted molar refractivity (Wildman–Crippen MR) is 384 cm³/mol. The zero-order valence-electron chi connectivity index (χ0n) is 55.3. The third-order valence-corrected chi connectivity index (χ3v) is 19.2. The number of aryl methyl sites for hydroxylation is 2. The smallest absolute Gasteiger partial charge is 0.240 e. The summed E-state index contributed by atoms with van der Waals surface area (Å²) in [6, 6.07) is 29.8. The van der Waals surface area contributed by atoms with Crippen LogP contribution in [-0.4, -0.2) is 104 Å². The number of halogens is 2. The van der Waals surface area contributed by atoms with Crippen molar-refractivity contribution in [2.45, 2.75) is 135 Å². The van der Waals surface area contributed by atoms with Gasteiger partial charge < -0.3 is 55.9 Å². The minimum atomic E-state index is -1.18. The number of nitrogens with two attached hydrogens (primary N) is 3. The highest BCUT2D eigenvalue weighted by Gasteiger charge is 2.42. The number of para-hydroxylation sites is 4. The topological polar surface area (TPSA) is 282 Å². The first-order valence-electron chi connectivity index (χ1n) is 32.1. The van der Waals surface area contributed by atoms with Gasteiger partial charge in [0.1, 0.15) is 0 Å². The number of benzene rings is 4. The molecule has 8 aromatic rings. The van der Waals surface area contributed by atoms with Gasteiger partial charge in [-0.1, -0.05) is 60.7 Å². The van der Waals surface area contributed by atoms with Crippen LogP contribution in [0.3, 0.4) is 0 Å². The molecule has 4 aromatic heterocycles. The van der Waals surface area contributed by atoms with E-state index in [0.717, 1.165) is 90.8 Å². The highest BCUT2D eigenvalue weighted by Crippen LogP contribution is 2.44. The lowest BCUT2D eigenvalue weighted by molar-refractivity contribution is -0.132. The first-order chi connectivity index (χ1) is 45.4. The van der Waals surface area contributed by atoms with Crippen LogP contribution in [0.1, 0.15) is 107 Å². The lowest BCUT2D eigenvalue weighted by Crippen LogP contribution is -2.55. The Morgan fingerprint density at radius 2 is 0.969 bits per heavy atom. The van der Waals surface area contributed by atoms with Crippen LogP contribution >= 0.6 is 46.9 Å². The van der Waals surface area contributed by atoms with Crippen molar-refractivity contribution in [1.82, 2.24) is 19.8 Å². The zero-order valence-corrected chi connectivity index (χ0v) is 58.6. The number of nitrogens with one attached hydrogen (secondary N) is 2. The molecular weight excluding hydrogens is 1300 g/mol. The normalized spacial score (nSPS) is 16.7. The second kappa shape index (κ2) is 32.3. The number of anilines is 4. The van der Waals surface area contributed by atoms with E-state index in [2.05, 4.69) is 27.7 Å². The number of fused-ring (bicyclic) bond motifs is 4. The lowest BCUT2D eigenvalue weighted by Gasteiger charge is -2.37. The maximum atomic E-state index is 14.3. The molecule has 12 rings (SSSR count). The summed E-state index contributed by atoms with van der Waals surface area (Å²) in [5, 5.41) is 27.3. The third kappa shape index (κ3) is 16.8. The average molecular weight is 1390 g/mol. The van der Waals surface area contributed by atoms with Gasteiger partial charge in [0.05, 0.1) is 59.0 Å². The standard InChI is InChI=1S/2C35H39N5O4S.C2H6O.ClH2N.ClH/c2*1-35(2,36)34(44)37-27(17-25-20-38(3)28-10-5-4-9-26(25)28)30(41)18-24-16-23-8-6-11-29(39-14-7-12-31(39)42)32(23)40(33(24)43)19-22-13-15-45-21-22;1-2-3;1-2;/h2*4-6,8-11,13,15,20-21,24,27H,7,12,14,16-19,36H2,1-3H3,(H,37,44);3H,2H2,1H3;2H2;1H/t2*24?,27-;;;/m11.../s1. The number of thiophene rings is 2. The van der Waals surface area contributed by atoms with Crippen LogP contribution < -0.4 is 47.0 Å². The fourth-order valence-corrected chi connectivity index (χ4v) is 14.4. The lowest BCUT2D eigenvalue weighted by atomic mass is 9.85. The quantitative estimate of drug-likeness (QED) is 0.0389. The second-order valence-corrected chi connectivity index (χ2v) is 27.5. The minimum Gasteiger partial charge on any atom is -0.397 e. The molecule has 0 spiro atoms. The number of Topliss-reactive ketones (excluding diaryl/α,β-unsaturated/α-hetero) is 2. The molecule has 0 saturated carbocycles. The summed E-state index contributed by atoms with van der Waals surface area (Å²) in [5.41, 5.74) is 20.6. The van der Waals surface area contributed by atoms with Crippen molar-refractivity contribution >= 4 is 138 Å². The van der Waals surface area contributed by atoms with Crippen LogP contribution in [0.5, 0.6) is 0 Å². The van der Waals surface area contributed by atoms with Gasteiger partial charge in [0.2, 0.25) is 35.4 Å². The van der Waals surface area contributed by atoms with Crippen LogP contribution in [0, 0.1) is 11.8 Å². The summed E-state index contributed by atoms with van der Waals surface area (Å²) in [7, 11) is 3.91. The number of rotatable bonds is 20. The summed E-state index contributed by atoms with van der Waals surface area (Å²) in [5.74, 6) is -2.74. The molecule has 2 fully saturated rings. The molecule has 8 heterocycles. The van der Waals surface area contributed by atoms with Gasteiger partial charge in [0.25, 0.3) is 0 Å². The van der Waals surface area contributed by atoms with Crippen LogP contribution in [0.4, 0.5) is 22.7 Å². The van der Waals surface area contributed by atoms with E-state index in [-0.39, 0.29) is 79.9 Å². The number of amides is 6. The van der Waals surface area contributed by atoms with E-state index in [1.807, 2.05) is 154 Å². The number of aliphatic hydroxyl groups excluding tert-OH is 1. The zero-order chi connectivity index (χ0) is 68.5. The van der Waals surface area contributed by atoms with E-state index in [1.54, 1.807) is 76.9 Å². The van der Waals surface area contributed by atoms with Gasteiger partial charge in [0.15, 0.2) is 11.6 Å². The van der Waals surface area contributed by atoms with E-state index < -0.39 is 46.8 Å². The van der Waals surface area contributed by atoms with E-state index >= 15 is 0 Å². The van der Waals surface area contributed by atoms with Crippen LogP contribution in [0.15, 0.2) is 131 Å². The molecule has 24 heteroatoms. The number of aliphatic hydroxyl groups is 1. The summed E-state index contributed by atoms with van der Waals surface area (Å²) < 4.78 is 4.01. The van der Waals surface area contributed by atoms with Crippen LogP contribution in [0.25, 0.3) is 21.8 Å². The molecule has 4 aliphatic heterocycles. The van der Waals surface area contributed by atoms with Gasteiger partial charge in [0, 0.05) is 118 Å². The van der Waals surface area contributed by atoms with Crippen molar-refractivity contribution < 1.29 is 43.5 Å². The fraction of sp³-hybridized carbons (Fsp3) is 0.389. The summed E-state index contributed by atoms with van der Waals surface area (Å²) in [6.45, 7) is 10.3. The van der Waals surface area contributed by atoms with E-state index in [4.69, 9.17) is 16.6 Å². The summed E-state index contributed by atoms with van der Waals surface area (Å²) >= 11 is 7.26. The van der Waals surface area contributed by atoms with Crippen molar-refractivity contribution in [3.63, 3.8) is 0 Å². The minimum absolute atomic E-state index is 0. The molecule has 2 saturated heterocycles. The van der Waals surface area contributed by atoms with Crippen LogP contribution in [0.2, 0.25) is 0 Å². The van der Waals surface area contributed by atoms with Gasteiger partial charge in [-0.25, -0.2) is 5.25 Å². The van der Waals surface area contributed by atoms with Gasteiger partial charge in [-0.3, -0.25) is 38.4 Å². The first-order valence-corrected chi connectivity index (χ1v) is 34.4. The van der Waals surface area contributed by atoms with E-state index in [0.29, 0.717) is 51.9 Å². The maximum Gasteiger partial charge on any atom is 0.240 e. The molecule has 510 valence electrons. The van der Waals surface area contributed by atoms with Gasteiger partial charge >= 0.3 is 0 Å². The Labute approximate surface area is 579 Å². The third-order valence-electron chi connectivity index (χ3n) is 17.7. The largest absolute Gasteiger partial charge is 0.397 e. The molecule has 0 aliphatic carbocycles. The first kappa shape index (κ1) is 73.7. The molecule has 4 atom stereocenters. The van der Waals surface area contributed by atoms with E-state index in [1.165, 1.54) is 0 Å². The number of carbonyl (C=O) groups excluding carboxylic acids is 8. The monoisotopic (exact) mass is 1380 g/mol. The Balaban J connectivity index is 0.000000228. The molecule has 0 bridgehead atoms. The summed E-state index contributed by atoms with van der Waals surface area (Å²) in [6.07, 6.45) is 7.72. The van der Waals surface area contributed by atoms with Crippen molar-refractivity contribution in [2.75, 3.05) is 39.3 Å². The molecule has 96 heavy (non-hydrogen) atoms. The fourth-order valence-electron chi connectivity index (χ4n) is 13.0. The average Bonchev–Trinajstić information content (AvgIpc) is 0.862. The highest BCUT2D eigenvalue weighted by molar-refractivity contribution is 7.08. The molecule has 0 radical (unpaired) electrons. The Kier molecular flexibility index (Phi) is 24.8. The number of ketones is 2. The van der Waals surface area contributed by atoms with Gasteiger partial charge in [-0.2, -0.15) is 22.7 Å². The van der Waals surface area contributed by atoms with Crippen molar-refractivity contribution in [1.29, 1.82) is 0 Å². The summed E-state index contributed by atoms with van der Waals surface area (Å²) in [4.78, 5) is 116. The van der Waals surface area contributed by atoms with Crippen LogP contribution in [-0.2, 0) is 91.2 Å². The molecule has 20 nitrogen and oxygen atoms in total. The molecule has 4 aromatic carbocycles. The van der Waals surface area contributed by atoms with Crippen molar-refractivity contribution in [3.8, 4) is 0 Å². The van der Waals surface area contributed by atoms with Crippen molar-refractivity contribution in [2.24, 2.45) is 42.7 Å². The number of carbonyl (C=O) groups is 8. The maximum absolute atomic E-state index is 14.3. The number of hydrogen-bond donors (Lipinski definition) is 6. The van der Waals surface area contributed by atoms with Gasteiger partial charge in [-0.05, 0) is 163 Å². The van der Waals surface area contributed by atoms with Gasteiger partial charge in [-0.15, -0.1) is 12.4 Å². The highest BCUT2D eigenvalue weighted by atomic mass is 35.5. The number of nitrogens with zero attached hydrogens (tertiary/aromatic N) is 6. The molecule has 9 N–H and O–H groups in total. The SMILES string of the molecule is CCO.Cl.Cn1cc(C[C@@H](NC(=O)C(C)(C)N)C(=O)CC2Cc3cccc(N4CCCC4=O)c3N(Cc3ccsc3)C2=O)c2ccccc21.Cn1cc(C[C@@H](NC(=O)C(C)(C)N)C(=O)CC2Cc3cccc(N4CCCC4=O)c3N(Cc3ccsc3)C2=O)c2ccccc21.NCl. The molecule has 2 unspecified atom stereocenters. The Morgan fingerprint density at radius 3 is 1.30 bits per heavy atom. The molecule has 6 amide bonds. The number of aromatic nitrogens is 2. The van der Waals surface area contributed by atoms with E-state index in [9.17, 15) is 38.4 Å².